The van der Waals surface area contributed by atoms with E-state index in [9.17, 15) is 9.18 Å². The maximum atomic E-state index is 13.3. The smallest absolute Gasteiger partial charge is 0.293 e. The van der Waals surface area contributed by atoms with Crippen molar-refractivity contribution < 1.29 is 13.9 Å². The molecular weight excluding hydrogens is 275 g/mol. The highest BCUT2D eigenvalue weighted by molar-refractivity contribution is 5.90. The van der Waals surface area contributed by atoms with Gasteiger partial charge in [-0.25, -0.2) is 9.37 Å². The number of amides is 1. The van der Waals surface area contributed by atoms with Crippen molar-refractivity contribution in [3.8, 4) is 5.75 Å². The normalized spacial score (nSPS) is 10.4. The molecule has 0 aliphatic carbocycles. The van der Waals surface area contributed by atoms with Crippen LogP contribution >= 0.6 is 0 Å². The quantitative estimate of drug-likeness (QED) is 0.879. The summed E-state index contributed by atoms with van der Waals surface area (Å²) in [7, 11) is 1.62. The summed E-state index contributed by atoms with van der Waals surface area (Å²) < 4.78 is 18.7. The van der Waals surface area contributed by atoms with Crippen LogP contribution in [0.3, 0.4) is 0 Å². The monoisotopic (exact) mass is 292 g/mol. The Kier molecular flexibility index (Phi) is 4.86. The second-order valence-electron chi connectivity index (χ2n) is 4.46. The molecular formula is C14H17FN4O2. The Balaban J connectivity index is 1.85. The first-order valence-corrected chi connectivity index (χ1v) is 6.66. The lowest BCUT2D eigenvalue weighted by Crippen LogP contribution is -2.31. The number of hydrogen-bond donors (Lipinski definition) is 1. The van der Waals surface area contributed by atoms with Gasteiger partial charge in [-0.1, -0.05) is 19.1 Å². The van der Waals surface area contributed by atoms with Gasteiger partial charge in [0.1, 0.15) is 12.4 Å². The molecule has 0 saturated carbocycles. The number of ether oxygens (including phenoxy) is 1. The SMILES string of the molecule is CCc1nc(C(=O)N(C)CCOc2ccccc2F)n[nH]1. The summed E-state index contributed by atoms with van der Waals surface area (Å²) in [6, 6.07) is 6.14. The number of aromatic amines is 1. The molecule has 1 heterocycles. The summed E-state index contributed by atoms with van der Waals surface area (Å²) in [4.78, 5) is 17.5. The molecule has 0 unspecified atom stereocenters. The topological polar surface area (TPSA) is 71.1 Å². The summed E-state index contributed by atoms with van der Waals surface area (Å²) >= 11 is 0. The number of nitrogens with zero attached hydrogens (tertiary/aromatic N) is 3. The predicted octanol–water partition coefficient (Wildman–Crippen LogP) is 1.66. The first-order chi connectivity index (χ1) is 10.1. The highest BCUT2D eigenvalue weighted by atomic mass is 19.1. The Hall–Kier alpha value is -2.44. The van der Waals surface area contributed by atoms with Gasteiger partial charge in [0.2, 0.25) is 5.82 Å². The minimum Gasteiger partial charge on any atom is -0.489 e. The van der Waals surface area contributed by atoms with E-state index in [2.05, 4.69) is 15.2 Å². The highest BCUT2D eigenvalue weighted by Crippen LogP contribution is 2.15. The minimum atomic E-state index is -0.423. The zero-order chi connectivity index (χ0) is 15.2. The fraction of sp³-hybridized carbons (Fsp3) is 0.357. The maximum Gasteiger partial charge on any atom is 0.293 e. The van der Waals surface area contributed by atoms with Crippen LogP contribution in [0.15, 0.2) is 24.3 Å². The van der Waals surface area contributed by atoms with E-state index in [0.29, 0.717) is 18.8 Å². The number of halogens is 1. The van der Waals surface area contributed by atoms with Gasteiger partial charge in [-0.15, -0.1) is 5.10 Å². The average molecular weight is 292 g/mol. The van der Waals surface area contributed by atoms with Gasteiger partial charge in [-0.05, 0) is 12.1 Å². The van der Waals surface area contributed by atoms with Gasteiger partial charge in [0, 0.05) is 13.5 Å². The molecule has 1 aromatic heterocycles. The number of aromatic nitrogens is 3. The Morgan fingerprint density at radius 1 is 1.43 bits per heavy atom. The predicted molar refractivity (Wildman–Crippen MR) is 74.6 cm³/mol. The van der Waals surface area contributed by atoms with Crippen LogP contribution in [-0.4, -0.2) is 46.2 Å². The Labute approximate surface area is 121 Å². The first kappa shape index (κ1) is 15.0. The van der Waals surface area contributed by atoms with Gasteiger partial charge in [0.25, 0.3) is 5.91 Å². The molecule has 0 spiro atoms. The molecule has 0 aliphatic rings. The summed E-state index contributed by atoms with van der Waals surface area (Å²) in [6.07, 6.45) is 0.681. The largest absolute Gasteiger partial charge is 0.489 e. The molecule has 0 bridgehead atoms. The number of carbonyl (C=O) groups is 1. The number of para-hydroxylation sites is 1. The van der Waals surface area contributed by atoms with Crippen molar-refractivity contribution in [3.63, 3.8) is 0 Å². The van der Waals surface area contributed by atoms with Crippen LogP contribution in [0.1, 0.15) is 23.4 Å². The van der Waals surface area contributed by atoms with E-state index in [-0.39, 0.29) is 24.1 Å². The van der Waals surface area contributed by atoms with Gasteiger partial charge in [-0.2, -0.15) is 0 Å². The third kappa shape index (κ3) is 3.77. The molecule has 2 aromatic rings. The average Bonchev–Trinajstić information content (AvgIpc) is 2.97. The van der Waals surface area contributed by atoms with Crippen molar-refractivity contribution in [3.05, 3.63) is 41.7 Å². The molecule has 2 rings (SSSR count). The molecule has 1 N–H and O–H groups in total. The van der Waals surface area contributed by atoms with Crippen LogP contribution in [-0.2, 0) is 6.42 Å². The lowest BCUT2D eigenvalue weighted by atomic mass is 10.3. The lowest BCUT2D eigenvalue weighted by Gasteiger charge is -2.15. The second-order valence-corrected chi connectivity index (χ2v) is 4.46. The van der Waals surface area contributed by atoms with Crippen molar-refractivity contribution in [2.45, 2.75) is 13.3 Å². The van der Waals surface area contributed by atoms with Gasteiger partial charge < -0.3 is 9.64 Å². The van der Waals surface area contributed by atoms with Crippen LogP contribution in [0.2, 0.25) is 0 Å². The van der Waals surface area contributed by atoms with Gasteiger partial charge in [0.15, 0.2) is 11.6 Å². The standard InChI is InChI=1S/C14H17FN4O2/c1-3-12-16-13(18-17-12)14(20)19(2)8-9-21-11-7-5-4-6-10(11)15/h4-7H,3,8-9H2,1-2H3,(H,16,17,18). The van der Waals surface area contributed by atoms with Crippen LogP contribution in [0.5, 0.6) is 5.75 Å². The number of nitrogens with one attached hydrogen (secondary N) is 1. The maximum absolute atomic E-state index is 13.3. The molecule has 0 fully saturated rings. The molecule has 0 saturated heterocycles. The molecule has 0 aliphatic heterocycles. The lowest BCUT2D eigenvalue weighted by molar-refractivity contribution is 0.0761. The number of hydrogen-bond acceptors (Lipinski definition) is 4. The zero-order valence-corrected chi connectivity index (χ0v) is 12.0. The van der Waals surface area contributed by atoms with Gasteiger partial charge >= 0.3 is 0 Å². The minimum absolute atomic E-state index is 0.125. The van der Waals surface area contributed by atoms with Crippen LogP contribution in [0.4, 0.5) is 4.39 Å². The van der Waals surface area contributed by atoms with E-state index in [0.717, 1.165) is 0 Å². The first-order valence-electron chi connectivity index (χ1n) is 6.66. The van der Waals surface area contributed by atoms with Gasteiger partial charge in [0.05, 0.1) is 6.54 Å². The van der Waals surface area contributed by atoms with Gasteiger partial charge in [-0.3, -0.25) is 9.89 Å². The van der Waals surface area contributed by atoms with E-state index < -0.39 is 5.82 Å². The van der Waals surface area contributed by atoms with Crippen LogP contribution in [0, 0.1) is 5.82 Å². The fourth-order valence-corrected chi connectivity index (χ4v) is 1.68. The number of carbonyl (C=O) groups excluding carboxylic acids is 1. The molecule has 6 nitrogen and oxygen atoms in total. The third-order valence-corrected chi connectivity index (χ3v) is 2.93. The summed E-state index contributed by atoms with van der Waals surface area (Å²) in [6.45, 7) is 2.41. The van der Waals surface area contributed by atoms with Crippen molar-refractivity contribution in [2.75, 3.05) is 20.2 Å². The number of benzene rings is 1. The number of rotatable bonds is 6. The Morgan fingerprint density at radius 3 is 2.86 bits per heavy atom. The molecule has 1 aromatic carbocycles. The molecule has 0 radical (unpaired) electrons. The Bertz CT molecular complexity index is 615. The summed E-state index contributed by atoms with van der Waals surface area (Å²) in [5.41, 5.74) is 0. The summed E-state index contributed by atoms with van der Waals surface area (Å²) in [5.74, 6) is 0.232. The van der Waals surface area contributed by atoms with Crippen molar-refractivity contribution in [2.24, 2.45) is 0 Å². The number of likely N-dealkylation sites (N-methyl/N-ethyl adjacent to an activating group) is 1. The second kappa shape index (κ2) is 6.83. The van der Waals surface area contributed by atoms with Crippen molar-refractivity contribution in [1.82, 2.24) is 20.1 Å². The number of aryl methyl sites for hydroxylation is 1. The zero-order valence-electron chi connectivity index (χ0n) is 12.0. The van der Waals surface area contributed by atoms with Crippen molar-refractivity contribution >= 4 is 5.91 Å². The van der Waals surface area contributed by atoms with Crippen molar-refractivity contribution in [1.29, 1.82) is 0 Å². The molecule has 1 amide bonds. The summed E-state index contributed by atoms with van der Waals surface area (Å²) in [5, 5.41) is 6.55. The van der Waals surface area contributed by atoms with E-state index in [1.54, 1.807) is 25.2 Å². The van der Waals surface area contributed by atoms with Crippen LogP contribution in [0.25, 0.3) is 0 Å². The fourth-order valence-electron chi connectivity index (χ4n) is 1.68. The molecule has 0 atom stereocenters. The van der Waals surface area contributed by atoms with E-state index in [4.69, 9.17) is 4.74 Å². The Morgan fingerprint density at radius 2 is 2.19 bits per heavy atom. The third-order valence-electron chi connectivity index (χ3n) is 2.93. The van der Waals surface area contributed by atoms with E-state index in [1.807, 2.05) is 6.92 Å². The number of H-pyrrole nitrogens is 1. The molecule has 112 valence electrons. The molecule has 21 heavy (non-hydrogen) atoms. The highest BCUT2D eigenvalue weighted by Gasteiger charge is 2.16. The van der Waals surface area contributed by atoms with E-state index in [1.165, 1.54) is 11.0 Å². The van der Waals surface area contributed by atoms with E-state index >= 15 is 0 Å². The molecule has 7 heteroatoms. The van der Waals surface area contributed by atoms with Crippen LogP contribution < -0.4 is 4.74 Å².